The second-order valence-electron chi connectivity index (χ2n) is 11.8. The summed E-state index contributed by atoms with van der Waals surface area (Å²) in [5.41, 5.74) is 9.41. The Kier molecular flexibility index (Phi) is 9.87. The van der Waals surface area contributed by atoms with Crippen LogP contribution < -0.4 is 0 Å². The van der Waals surface area contributed by atoms with Crippen molar-refractivity contribution in [2.45, 2.75) is 142 Å². The van der Waals surface area contributed by atoms with Crippen LogP contribution in [0.15, 0.2) is 36.4 Å². The molecule has 0 fully saturated rings. The predicted octanol–water partition coefficient (Wildman–Crippen LogP) is 11.0. The Hall–Kier alpha value is -1.56. The van der Waals surface area contributed by atoms with Crippen LogP contribution in [-0.4, -0.2) is 0 Å². The van der Waals surface area contributed by atoms with Crippen LogP contribution in [0.25, 0.3) is 11.1 Å². The molecule has 34 heavy (non-hydrogen) atoms. The monoisotopic (exact) mass is 460 g/mol. The molecule has 1 aliphatic carbocycles. The fourth-order valence-electron chi connectivity index (χ4n) is 6.73. The van der Waals surface area contributed by atoms with Crippen LogP contribution in [0, 0.1) is 13.8 Å². The summed E-state index contributed by atoms with van der Waals surface area (Å²) in [6.45, 7) is 14.3. The van der Waals surface area contributed by atoms with Crippen molar-refractivity contribution < 1.29 is 0 Å². The van der Waals surface area contributed by atoms with E-state index in [4.69, 9.17) is 0 Å². The largest absolute Gasteiger partial charge is 0.0654 e. The smallest absolute Gasteiger partial charge is 0.00509 e. The first-order chi connectivity index (χ1) is 16.4. The summed E-state index contributed by atoms with van der Waals surface area (Å²) in [5, 5.41) is 0. The van der Waals surface area contributed by atoms with Gasteiger partial charge in [0, 0.05) is 5.41 Å². The van der Waals surface area contributed by atoms with Crippen LogP contribution in [0.1, 0.15) is 140 Å². The zero-order chi connectivity index (χ0) is 24.6. The maximum absolute atomic E-state index is 2.57. The highest BCUT2D eigenvalue weighted by Crippen LogP contribution is 2.58. The van der Waals surface area contributed by atoms with E-state index in [0.29, 0.717) is 0 Å². The van der Waals surface area contributed by atoms with Gasteiger partial charge in [0.05, 0.1) is 0 Å². The molecular formula is C34H52. The van der Waals surface area contributed by atoms with Crippen molar-refractivity contribution in [1.29, 1.82) is 0 Å². The number of hydrogen-bond donors (Lipinski definition) is 0. The maximum atomic E-state index is 2.57. The number of aryl methyl sites for hydroxylation is 2. The van der Waals surface area contributed by atoms with E-state index in [-0.39, 0.29) is 10.8 Å². The SMILES string of the molecule is CCCCCCCCC1(CCCCCCCC)c2cc(C)ccc2-c2ccc(C)cc2C1(C)C. The molecule has 0 radical (unpaired) electrons. The summed E-state index contributed by atoms with van der Waals surface area (Å²) in [6.07, 6.45) is 19.2. The average Bonchev–Trinajstić information content (AvgIpc) is 2.81. The summed E-state index contributed by atoms with van der Waals surface area (Å²) in [6, 6.07) is 14.6. The molecule has 0 aromatic heterocycles. The lowest BCUT2D eigenvalue weighted by Crippen LogP contribution is -2.48. The van der Waals surface area contributed by atoms with Gasteiger partial charge in [0.15, 0.2) is 0 Å². The van der Waals surface area contributed by atoms with E-state index in [2.05, 4.69) is 77.9 Å². The van der Waals surface area contributed by atoms with Crippen molar-refractivity contribution >= 4 is 0 Å². The van der Waals surface area contributed by atoms with E-state index in [1.807, 2.05) is 0 Å². The Labute approximate surface area is 212 Å². The fourth-order valence-corrected chi connectivity index (χ4v) is 6.73. The van der Waals surface area contributed by atoms with Crippen molar-refractivity contribution in [2.75, 3.05) is 0 Å². The third-order valence-corrected chi connectivity index (χ3v) is 8.94. The first kappa shape index (κ1) is 27.0. The first-order valence-corrected chi connectivity index (χ1v) is 14.6. The molecule has 2 aromatic rings. The van der Waals surface area contributed by atoms with Gasteiger partial charge in [0.25, 0.3) is 0 Å². The van der Waals surface area contributed by atoms with Gasteiger partial charge in [-0.15, -0.1) is 0 Å². The minimum atomic E-state index is 0.141. The van der Waals surface area contributed by atoms with Gasteiger partial charge in [-0.3, -0.25) is 0 Å². The summed E-state index contributed by atoms with van der Waals surface area (Å²) in [4.78, 5) is 0. The third-order valence-electron chi connectivity index (χ3n) is 8.94. The number of hydrogen-bond acceptors (Lipinski definition) is 0. The second kappa shape index (κ2) is 12.4. The molecule has 0 saturated heterocycles. The summed E-state index contributed by atoms with van der Waals surface area (Å²) >= 11 is 0. The highest BCUT2D eigenvalue weighted by Gasteiger charge is 2.51. The lowest BCUT2D eigenvalue weighted by molar-refractivity contribution is 0.198. The molecular weight excluding hydrogens is 408 g/mol. The van der Waals surface area contributed by atoms with Crippen LogP contribution >= 0.6 is 0 Å². The summed E-state index contributed by atoms with van der Waals surface area (Å²) in [5.74, 6) is 0. The van der Waals surface area contributed by atoms with Crippen LogP contribution in [0.5, 0.6) is 0 Å². The van der Waals surface area contributed by atoms with E-state index < -0.39 is 0 Å². The number of unbranched alkanes of at least 4 members (excludes halogenated alkanes) is 10. The Morgan fingerprint density at radius 1 is 0.529 bits per heavy atom. The molecule has 2 aromatic carbocycles. The van der Waals surface area contributed by atoms with E-state index in [1.54, 1.807) is 11.1 Å². The quantitative estimate of drug-likeness (QED) is 0.246. The van der Waals surface area contributed by atoms with E-state index in [0.717, 1.165) is 0 Å². The Bertz CT molecular complexity index is 884. The molecule has 0 nitrogen and oxygen atoms in total. The molecule has 1 aliphatic rings. The number of rotatable bonds is 14. The van der Waals surface area contributed by atoms with Gasteiger partial charge in [-0.25, -0.2) is 0 Å². The molecule has 0 heteroatoms. The van der Waals surface area contributed by atoms with Gasteiger partial charge in [-0.1, -0.05) is 152 Å². The molecule has 3 rings (SSSR count). The molecule has 0 N–H and O–H groups in total. The van der Waals surface area contributed by atoms with Crippen LogP contribution in [0.4, 0.5) is 0 Å². The highest BCUT2D eigenvalue weighted by molar-refractivity contribution is 5.78. The Morgan fingerprint density at radius 2 is 0.941 bits per heavy atom. The lowest BCUT2D eigenvalue weighted by Gasteiger charge is -2.53. The molecule has 188 valence electrons. The van der Waals surface area contributed by atoms with Crippen LogP contribution in [0.2, 0.25) is 0 Å². The third kappa shape index (κ3) is 5.80. The summed E-state index contributed by atoms with van der Waals surface area (Å²) < 4.78 is 0. The van der Waals surface area contributed by atoms with E-state index in [9.17, 15) is 0 Å². The summed E-state index contributed by atoms with van der Waals surface area (Å²) in [7, 11) is 0. The Morgan fingerprint density at radius 3 is 1.44 bits per heavy atom. The zero-order valence-corrected chi connectivity index (χ0v) is 23.4. The molecule has 0 bridgehead atoms. The minimum absolute atomic E-state index is 0.141. The van der Waals surface area contributed by atoms with Gasteiger partial charge in [0.1, 0.15) is 0 Å². The second-order valence-corrected chi connectivity index (χ2v) is 11.8. The van der Waals surface area contributed by atoms with E-state index in [1.165, 1.54) is 112 Å². The van der Waals surface area contributed by atoms with Crippen molar-refractivity contribution in [2.24, 2.45) is 0 Å². The molecule has 0 unspecified atom stereocenters. The highest BCUT2D eigenvalue weighted by atomic mass is 14.5. The molecule has 0 atom stereocenters. The van der Waals surface area contributed by atoms with Crippen LogP contribution in [0.3, 0.4) is 0 Å². The van der Waals surface area contributed by atoms with Gasteiger partial charge >= 0.3 is 0 Å². The number of benzene rings is 2. The van der Waals surface area contributed by atoms with Crippen molar-refractivity contribution in [3.05, 3.63) is 58.7 Å². The van der Waals surface area contributed by atoms with Gasteiger partial charge in [0.2, 0.25) is 0 Å². The van der Waals surface area contributed by atoms with Gasteiger partial charge in [-0.05, 0) is 54.4 Å². The maximum Gasteiger partial charge on any atom is 0.00509 e. The molecule has 0 heterocycles. The zero-order valence-electron chi connectivity index (χ0n) is 23.4. The average molecular weight is 461 g/mol. The molecule has 0 spiro atoms. The van der Waals surface area contributed by atoms with Crippen LogP contribution in [-0.2, 0) is 10.8 Å². The minimum Gasteiger partial charge on any atom is -0.0654 e. The first-order valence-electron chi connectivity index (χ1n) is 14.6. The normalized spacial score (nSPS) is 15.7. The lowest BCUT2D eigenvalue weighted by atomic mass is 9.50. The fraction of sp³-hybridized carbons (Fsp3) is 0.647. The molecule has 0 saturated carbocycles. The van der Waals surface area contributed by atoms with Gasteiger partial charge < -0.3 is 0 Å². The molecule has 0 amide bonds. The standard InChI is InChI=1S/C34H52/c1-7-9-11-13-15-17-23-34(24-18-16-14-12-10-8-2)32-26-28(4)20-22-30(32)29-21-19-27(3)25-31(29)33(34,5)6/h19-22,25-26H,7-18,23-24H2,1-6H3. The van der Waals surface area contributed by atoms with Crippen molar-refractivity contribution in [1.82, 2.24) is 0 Å². The van der Waals surface area contributed by atoms with Crippen molar-refractivity contribution in [3.63, 3.8) is 0 Å². The van der Waals surface area contributed by atoms with E-state index >= 15 is 0 Å². The number of fused-ring (bicyclic) bond motifs is 3. The topological polar surface area (TPSA) is 0 Å². The predicted molar refractivity (Wildman–Crippen MR) is 152 cm³/mol. The van der Waals surface area contributed by atoms with Crippen molar-refractivity contribution in [3.8, 4) is 11.1 Å². The molecule has 0 aliphatic heterocycles. The Balaban J connectivity index is 1.97. The van der Waals surface area contributed by atoms with Gasteiger partial charge in [-0.2, -0.15) is 0 Å².